The lowest BCUT2D eigenvalue weighted by Crippen LogP contribution is -2.00. The Balaban J connectivity index is 3.31. The van der Waals surface area contributed by atoms with Crippen LogP contribution in [0.4, 0.5) is 0 Å². The van der Waals surface area contributed by atoms with Gasteiger partial charge in [0.25, 0.3) is 0 Å². The number of aliphatic hydroxyl groups is 1. The molecule has 3 heteroatoms. The summed E-state index contributed by atoms with van der Waals surface area (Å²) >= 11 is 3.42. The summed E-state index contributed by atoms with van der Waals surface area (Å²) in [7, 11) is 1.63. The minimum Gasteiger partial charge on any atom is -0.496 e. The molecule has 1 unspecified atom stereocenters. The molecule has 1 aromatic carbocycles. The molecule has 0 amide bonds. The maximum absolute atomic E-state index is 9.58. The molecule has 0 saturated carbocycles. The molecule has 78 valence electrons. The van der Waals surface area contributed by atoms with Gasteiger partial charge in [0.05, 0.1) is 13.2 Å². The van der Waals surface area contributed by atoms with Crippen molar-refractivity contribution < 1.29 is 9.84 Å². The van der Waals surface area contributed by atoms with Crippen molar-refractivity contribution in [2.75, 3.05) is 7.11 Å². The standard InChI is InChI=1S/C11H15BrO2/c1-4-8-5-9(12)6-10(7(2)13)11(8)14-3/h5-7,13H,4H2,1-3H3. The Kier molecular flexibility index (Phi) is 3.96. The molecule has 0 aliphatic rings. The summed E-state index contributed by atoms with van der Waals surface area (Å²) in [6, 6.07) is 3.91. The van der Waals surface area contributed by atoms with E-state index in [0.29, 0.717) is 0 Å². The number of halogens is 1. The van der Waals surface area contributed by atoms with Gasteiger partial charge in [-0.2, -0.15) is 0 Å². The molecule has 1 rings (SSSR count). The SMILES string of the molecule is CCc1cc(Br)cc(C(C)O)c1OC. The van der Waals surface area contributed by atoms with E-state index in [1.54, 1.807) is 14.0 Å². The third kappa shape index (κ3) is 2.28. The van der Waals surface area contributed by atoms with Gasteiger partial charge in [-0.15, -0.1) is 0 Å². The van der Waals surface area contributed by atoms with Crippen LogP contribution in [-0.2, 0) is 6.42 Å². The van der Waals surface area contributed by atoms with Crippen molar-refractivity contribution in [2.45, 2.75) is 26.4 Å². The van der Waals surface area contributed by atoms with Crippen LogP contribution in [0, 0.1) is 0 Å². The number of rotatable bonds is 3. The average molecular weight is 259 g/mol. The Bertz CT molecular complexity index is 321. The summed E-state index contributed by atoms with van der Waals surface area (Å²) in [5.74, 6) is 0.797. The highest BCUT2D eigenvalue weighted by Crippen LogP contribution is 2.32. The summed E-state index contributed by atoms with van der Waals surface area (Å²) in [6.45, 7) is 3.81. The van der Waals surface area contributed by atoms with Gasteiger partial charge >= 0.3 is 0 Å². The average Bonchev–Trinajstić information content (AvgIpc) is 2.16. The van der Waals surface area contributed by atoms with Crippen LogP contribution in [0.5, 0.6) is 5.75 Å². The van der Waals surface area contributed by atoms with E-state index in [4.69, 9.17) is 4.74 Å². The highest BCUT2D eigenvalue weighted by molar-refractivity contribution is 9.10. The zero-order valence-electron chi connectivity index (χ0n) is 8.67. The van der Waals surface area contributed by atoms with Crippen LogP contribution in [0.1, 0.15) is 31.1 Å². The van der Waals surface area contributed by atoms with Gasteiger partial charge in [-0.25, -0.2) is 0 Å². The van der Waals surface area contributed by atoms with Crippen LogP contribution < -0.4 is 4.74 Å². The Morgan fingerprint density at radius 1 is 1.50 bits per heavy atom. The van der Waals surface area contributed by atoms with Gasteiger partial charge in [0, 0.05) is 10.0 Å². The summed E-state index contributed by atoms with van der Waals surface area (Å²) in [5, 5.41) is 9.58. The van der Waals surface area contributed by atoms with Crippen LogP contribution in [0.3, 0.4) is 0 Å². The van der Waals surface area contributed by atoms with E-state index < -0.39 is 6.10 Å². The van der Waals surface area contributed by atoms with Crippen molar-refractivity contribution in [1.82, 2.24) is 0 Å². The minimum atomic E-state index is -0.507. The van der Waals surface area contributed by atoms with Crippen LogP contribution >= 0.6 is 15.9 Å². The van der Waals surface area contributed by atoms with Crippen LogP contribution in [0.2, 0.25) is 0 Å². The van der Waals surface area contributed by atoms with E-state index in [2.05, 4.69) is 22.9 Å². The maximum atomic E-state index is 9.58. The Hall–Kier alpha value is -0.540. The van der Waals surface area contributed by atoms with Crippen molar-refractivity contribution in [1.29, 1.82) is 0 Å². The quantitative estimate of drug-likeness (QED) is 0.903. The number of aryl methyl sites for hydroxylation is 1. The fraction of sp³-hybridized carbons (Fsp3) is 0.455. The highest BCUT2D eigenvalue weighted by Gasteiger charge is 2.13. The van der Waals surface area contributed by atoms with Crippen molar-refractivity contribution in [3.05, 3.63) is 27.7 Å². The zero-order chi connectivity index (χ0) is 10.7. The molecule has 2 nitrogen and oxygen atoms in total. The molecular weight excluding hydrogens is 244 g/mol. The molecule has 0 aliphatic carbocycles. The first kappa shape index (κ1) is 11.5. The lowest BCUT2D eigenvalue weighted by atomic mass is 10.0. The molecule has 1 aromatic rings. The molecule has 0 heterocycles. The third-order valence-corrected chi connectivity index (χ3v) is 2.65. The normalized spacial score (nSPS) is 12.6. The molecule has 0 saturated heterocycles. The number of benzene rings is 1. The summed E-state index contributed by atoms with van der Waals surface area (Å²) in [4.78, 5) is 0. The largest absolute Gasteiger partial charge is 0.496 e. The topological polar surface area (TPSA) is 29.5 Å². The summed E-state index contributed by atoms with van der Waals surface area (Å²) < 4.78 is 6.28. The second-order valence-electron chi connectivity index (χ2n) is 3.22. The van der Waals surface area contributed by atoms with E-state index >= 15 is 0 Å². The first-order chi connectivity index (χ1) is 6.60. The summed E-state index contributed by atoms with van der Waals surface area (Å²) in [6.07, 6.45) is 0.384. The Labute approximate surface area is 93.0 Å². The molecule has 0 bridgehead atoms. The lowest BCUT2D eigenvalue weighted by Gasteiger charge is -2.15. The van der Waals surface area contributed by atoms with Gasteiger partial charge in [0.1, 0.15) is 5.75 Å². The molecule has 14 heavy (non-hydrogen) atoms. The number of hydrogen-bond donors (Lipinski definition) is 1. The molecule has 0 radical (unpaired) electrons. The second kappa shape index (κ2) is 4.80. The van der Waals surface area contributed by atoms with Crippen molar-refractivity contribution >= 4 is 15.9 Å². The Morgan fingerprint density at radius 3 is 2.57 bits per heavy atom. The predicted octanol–water partition coefficient (Wildman–Crippen LogP) is 3.07. The predicted molar refractivity (Wildman–Crippen MR) is 60.7 cm³/mol. The zero-order valence-corrected chi connectivity index (χ0v) is 10.3. The fourth-order valence-corrected chi connectivity index (χ4v) is 2.02. The third-order valence-electron chi connectivity index (χ3n) is 2.19. The minimum absolute atomic E-state index is 0.507. The van der Waals surface area contributed by atoms with Crippen LogP contribution in [-0.4, -0.2) is 12.2 Å². The van der Waals surface area contributed by atoms with Gasteiger partial charge in [0.15, 0.2) is 0 Å². The van der Waals surface area contributed by atoms with Gasteiger partial charge in [0.2, 0.25) is 0 Å². The molecule has 0 aromatic heterocycles. The van der Waals surface area contributed by atoms with E-state index in [0.717, 1.165) is 27.8 Å². The smallest absolute Gasteiger partial charge is 0.127 e. The fourth-order valence-electron chi connectivity index (χ4n) is 1.50. The maximum Gasteiger partial charge on any atom is 0.127 e. The highest BCUT2D eigenvalue weighted by atomic mass is 79.9. The molecule has 1 atom stereocenters. The first-order valence-electron chi connectivity index (χ1n) is 4.64. The van der Waals surface area contributed by atoms with Gasteiger partial charge in [-0.3, -0.25) is 0 Å². The number of ether oxygens (including phenoxy) is 1. The van der Waals surface area contributed by atoms with Crippen molar-refractivity contribution in [3.8, 4) is 5.75 Å². The number of aliphatic hydroxyl groups excluding tert-OH is 1. The second-order valence-corrected chi connectivity index (χ2v) is 4.13. The van der Waals surface area contributed by atoms with E-state index in [-0.39, 0.29) is 0 Å². The first-order valence-corrected chi connectivity index (χ1v) is 5.43. The molecular formula is C11H15BrO2. The number of hydrogen-bond acceptors (Lipinski definition) is 2. The molecule has 1 N–H and O–H groups in total. The monoisotopic (exact) mass is 258 g/mol. The molecule has 0 fully saturated rings. The van der Waals surface area contributed by atoms with E-state index in [1.807, 2.05) is 12.1 Å². The summed E-state index contributed by atoms with van der Waals surface area (Å²) in [5.41, 5.74) is 1.94. The van der Waals surface area contributed by atoms with Crippen molar-refractivity contribution in [3.63, 3.8) is 0 Å². The van der Waals surface area contributed by atoms with E-state index in [9.17, 15) is 5.11 Å². The van der Waals surface area contributed by atoms with Gasteiger partial charge in [-0.1, -0.05) is 22.9 Å². The lowest BCUT2D eigenvalue weighted by molar-refractivity contribution is 0.194. The Morgan fingerprint density at radius 2 is 2.14 bits per heavy atom. The van der Waals surface area contributed by atoms with E-state index in [1.165, 1.54) is 0 Å². The van der Waals surface area contributed by atoms with Crippen molar-refractivity contribution in [2.24, 2.45) is 0 Å². The van der Waals surface area contributed by atoms with Gasteiger partial charge < -0.3 is 9.84 Å². The van der Waals surface area contributed by atoms with Crippen LogP contribution in [0.25, 0.3) is 0 Å². The van der Waals surface area contributed by atoms with Gasteiger partial charge in [-0.05, 0) is 31.0 Å². The molecule has 0 aliphatic heterocycles. The molecule has 0 spiro atoms. The van der Waals surface area contributed by atoms with Crippen LogP contribution in [0.15, 0.2) is 16.6 Å². The number of methoxy groups -OCH3 is 1.